The molecule has 0 radical (unpaired) electrons. The van der Waals surface area contributed by atoms with Crippen LogP contribution in [-0.4, -0.2) is 6.04 Å². The van der Waals surface area contributed by atoms with E-state index in [2.05, 4.69) is 60.2 Å². The zero-order chi connectivity index (χ0) is 13.1. The highest BCUT2D eigenvalue weighted by atomic mass is 79.9. The van der Waals surface area contributed by atoms with Crippen molar-refractivity contribution in [3.63, 3.8) is 0 Å². The predicted octanol–water partition coefficient (Wildman–Crippen LogP) is 5.25. The third-order valence-corrected chi connectivity index (χ3v) is 4.99. The van der Waals surface area contributed by atoms with E-state index in [0.29, 0.717) is 6.04 Å². The first-order chi connectivity index (χ1) is 8.61. The number of nitrogens with one attached hydrogen (secondary N) is 1. The number of aryl methyl sites for hydroxylation is 1. The Balaban J connectivity index is 2.13. The second kappa shape index (κ2) is 6.10. The first kappa shape index (κ1) is 13.9. The predicted molar refractivity (Wildman–Crippen MR) is 83.1 cm³/mol. The Bertz CT molecular complexity index is 402. The largest absolute Gasteiger partial charge is 0.382 e. The van der Waals surface area contributed by atoms with Crippen LogP contribution in [0.5, 0.6) is 0 Å². The van der Waals surface area contributed by atoms with Crippen molar-refractivity contribution >= 4 is 21.6 Å². The molecule has 0 bridgehead atoms. The molecule has 1 saturated carbocycles. The van der Waals surface area contributed by atoms with E-state index in [1.165, 1.54) is 35.0 Å². The van der Waals surface area contributed by atoms with Gasteiger partial charge in [-0.1, -0.05) is 49.5 Å². The van der Waals surface area contributed by atoms with Gasteiger partial charge < -0.3 is 5.32 Å². The first-order valence-electron chi connectivity index (χ1n) is 7.16. The summed E-state index contributed by atoms with van der Waals surface area (Å²) in [7, 11) is 0. The summed E-state index contributed by atoms with van der Waals surface area (Å²) in [6.45, 7) is 7.01. The quantitative estimate of drug-likeness (QED) is 0.804. The molecule has 0 aromatic heterocycles. The van der Waals surface area contributed by atoms with E-state index < -0.39 is 0 Å². The van der Waals surface area contributed by atoms with Gasteiger partial charge in [-0.25, -0.2) is 0 Å². The summed E-state index contributed by atoms with van der Waals surface area (Å²) in [5, 5.41) is 3.79. The van der Waals surface area contributed by atoms with Crippen molar-refractivity contribution in [1.82, 2.24) is 0 Å². The van der Waals surface area contributed by atoms with Crippen molar-refractivity contribution in [2.24, 2.45) is 11.8 Å². The molecule has 1 aliphatic carbocycles. The molecule has 1 aromatic carbocycles. The molecule has 0 aliphatic heterocycles. The summed E-state index contributed by atoms with van der Waals surface area (Å²) in [6.07, 6.45) is 5.14. The van der Waals surface area contributed by atoms with Crippen LogP contribution in [0.15, 0.2) is 22.7 Å². The minimum absolute atomic E-state index is 0.639. The lowest BCUT2D eigenvalue weighted by Crippen LogP contribution is -2.35. The molecule has 18 heavy (non-hydrogen) atoms. The number of halogens is 1. The van der Waals surface area contributed by atoms with E-state index in [4.69, 9.17) is 0 Å². The summed E-state index contributed by atoms with van der Waals surface area (Å²) in [6, 6.07) is 7.23. The maximum absolute atomic E-state index is 3.79. The minimum Gasteiger partial charge on any atom is -0.382 e. The normalized spacial score (nSPS) is 28.1. The van der Waals surface area contributed by atoms with E-state index in [-0.39, 0.29) is 0 Å². The van der Waals surface area contributed by atoms with Gasteiger partial charge in [0.05, 0.1) is 0 Å². The Kier molecular flexibility index (Phi) is 4.71. The summed E-state index contributed by atoms with van der Waals surface area (Å²) in [5.74, 6) is 1.61. The van der Waals surface area contributed by atoms with Crippen LogP contribution in [0, 0.1) is 11.8 Å². The van der Waals surface area contributed by atoms with Crippen LogP contribution >= 0.6 is 15.9 Å². The van der Waals surface area contributed by atoms with Crippen molar-refractivity contribution in [3.8, 4) is 0 Å². The third-order valence-electron chi connectivity index (χ3n) is 4.50. The topological polar surface area (TPSA) is 12.0 Å². The smallest absolute Gasteiger partial charge is 0.0375 e. The summed E-state index contributed by atoms with van der Waals surface area (Å²) < 4.78 is 1.18. The van der Waals surface area contributed by atoms with Gasteiger partial charge in [0.2, 0.25) is 0 Å². The second-order valence-electron chi connectivity index (χ2n) is 5.67. The average Bonchev–Trinajstić information content (AvgIpc) is 2.37. The van der Waals surface area contributed by atoms with Crippen molar-refractivity contribution < 1.29 is 0 Å². The molecular weight excluding hydrogens is 286 g/mol. The molecule has 1 nitrogen and oxygen atoms in total. The van der Waals surface area contributed by atoms with Crippen molar-refractivity contribution in [2.75, 3.05) is 5.32 Å². The number of anilines is 1. The van der Waals surface area contributed by atoms with Gasteiger partial charge in [0.15, 0.2) is 0 Å². The van der Waals surface area contributed by atoms with Crippen LogP contribution in [0.1, 0.15) is 45.6 Å². The highest BCUT2D eigenvalue weighted by molar-refractivity contribution is 9.10. The maximum atomic E-state index is 3.79. The van der Waals surface area contributed by atoms with Crippen molar-refractivity contribution in [1.29, 1.82) is 0 Å². The number of hydrogen-bond acceptors (Lipinski definition) is 1. The standard InChI is InChI=1S/C16H24BrN/c1-4-13-10-14(17)8-9-16(13)18-15-7-5-6-11(2)12(15)3/h8-12,15,18H,4-7H2,1-3H3. The van der Waals surface area contributed by atoms with Crippen LogP contribution in [0.2, 0.25) is 0 Å². The Hall–Kier alpha value is -0.500. The monoisotopic (exact) mass is 309 g/mol. The Morgan fingerprint density at radius 3 is 2.78 bits per heavy atom. The molecule has 0 heterocycles. The molecule has 1 fully saturated rings. The van der Waals surface area contributed by atoms with Gasteiger partial charge in [0, 0.05) is 16.2 Å². The van der Waals surface area contributed by atoms with Crippen LogP contribution in [0.4, 0.5) is 5.69 Å². The van der Waals surface area contributed by atoms with E-state index in [0.717, 1.165) is 18.3 Å². The molecule has 1 aromatic rings. The molecule has 0 spiro atoms. The van der Waals surface area contributed by atoms with Gasteiger partial charge in [0.1, 0.15) is 0 Å². The Morgan fingerprint density at radius 2 is 2.06 bits per heavy atom. The summed E-state index contributed by atoms with van der Waals surface area (Å²) in [4.78, 5) is 0. The van der Waals surface area contributed by atoms with Crippen molar-refractivity contribution in [3.05, 3.63) is 28.2 Å². The van der Waals surface area contributed by atoms with E-state index in [1.54, 1.807) is 0 Å². The lowest BCUT2D eigenvalue weighted by Gasteiger charge is -2.35. The molecule has 3 atom stereocenters. The van der Waals surface area contributed by atoms with Crippen molar-refractivity contribution in [2.45, 2.75) is 52.5 Å². The molecule has 1 N–H and O–H groups in total. The van der Waals surface area contributed by atoms with E-state index in [9.17, 15) is 0 Å². The van der Waals surface area contributed by atoms with Gasteiger partial charge in [0.25, 0.3) is 0 Å². The van der Waals surface area contributed by atoms with Gasteiger partial charge in [-0.3, -0.25) is 0 Å². The molecule has 2 rings (SSSR count). The Labute approximate surface area is 119 Å². The fourth-order valence-electron chi connectivity index (χ4n) is 2.98. The van der Waals surface area contributed by atoms with Crippen LogP contribution in [0.3, 0.4) is 0 Å². The van der Waals surface area contributed by atoms with E-state index in [1.807, 2.05) is 0 Å². The summed E-state index contributed by atoms with van der Waals surface area (Å²) in [5.41, 5.74) is 2.74. The molecule has 3 unspecified atom stereocenters. The van der Waals surface area contributed by atoms with Gasteiger partial charge in [-0.2, -0.15) is 0 Å². The fraction of sp³-hybridized carbons (Fsp3) is 0.625. The fourth-order valence-corrected chi connectivity index (χ4v) is 3.39. The molecule has 0 amide bonds. The van der Waals surface area contributed by atoms with Crippen LogP contribution in [0.25, 0.3) is 0 Å². The van der Waals surface area contributed by atoms with Gasteiger partial charge in [-0.15, -0.1) is 0 Å². The first-order valence-corrected chi connectivity index (χ1v) is 7.96. The molecule has 2 heteroatoms. The number of rotatable bonds is 3. The lowest BCUT2D eigenvalue weighted by molar-refractivity contribution is 0.253. The number of benzene rings is 1. The van der Waals surface area contributed by atoms with E-state index >= 15 is 0 Å². The number of hydrogen-bond donors (Lipinski definition) is 1. The molecular formula is C16H24BrN. The molecule has 1 aliphatic rings. The molecule has 0 saturated heterocycles. The summed E-state index contributed by atoms with van der Waals surface area (Å²) >= 11 is 3.56. The highest BCUT2D eigenvalue weighted by Crippen LogP contribution is 2.32. The zero-order valence-corrected chi connectivity index (χ0v) is 13.3. The second-order valence-corrected chi connectivity index (χ2v) is 6.59. The Morgan fingerprint density at radius 1 is 1.28 bits per heavy atom. The van der Waals surface area contributed by atoms with Gasteiger partial charge in [-0.05, 0) is 48.4 Å². The third kappa shape index (κ3) is 3.09. The highest BCUT2D eigenvalue weighted by Gasteiger charge is 2.27. The van der Waals surface area contributed by atoms with Crippen LogP contribution in [-0.2, 0) is 6.42 Å². The van der Waals surface area contributed by atoms with Gasteiger partial charge >= 0.3 is 0 Å². The lowest BCUT2D eigenvalue weighted by atomic mass is 9.78. The minimum atomic E-state index is 0.639. The molecule has 100 valence electrons. The zero-order valence-electron chi connectivity index (χ0n) is 11.7. The SMILES string of the molecule is CCc1cc(Br)ccc1NC1CCCC(C)C1C. The average molecular weight is 310 g/mol. The maximum Gasteiger partial charge on any atom is 0.0375 e. The van der Waals surface area contributed by atoms with Crippen LogP contribution < -0.4 is 5.32 Å².